The van der Waals surface area contributed by atoms with E-state index in [1.807, 2.05) is 48.5 Å². The fourth-order valence-electron chi connectivity index (χ4n) is 2.41. The minimum absolute atomic E-state index is 0.0201. The van der Waals surface area contributed by atoms with E-state index in [9.17, 15) is 4.79 Å². The minimum Gasteiger partial charge on any atom is -0.481 e. The van der Waals surface area contributed by atoms with E-state index >= 15 is 0 Å². The number of para-hydroxylation sites is 1. The molecule has 1 aliphatic heterocycles. The van der Waals surface area contributed by atoms with Gasteiger partial charge in [0.25, 0.3) is 5.97 Å². The second-order valence-corrected chi connectivity index (χ2v) is 5.06. The average Bonchev–Trinajstić information content (AvgIpc) is 2.64. The lowest BCUT2D eigenvalue weighted by Gasteiger charge is -2.14. The second-order valence-electron chi connectivity index (χ2n) is 5.06. The van der Waals surface area contributed by atoms with Crippen LogP contribution in [0.3, 0.4) is 0 Å². The smallest absolute Gasteiger partial charge is 0.300 e. The molecule has 0 radical (unpaired) electrons. The summed E-state index contributed by atoms with van der Waals surface area (Å²) in [6, 6.07) is 15.4. The van der Waals surface area contributed by atoms with Gasteiger partial charge in [0.05, 0.1) is 0 Å². The first-order chi connectivity index (χ1) is 11.0. The highest BCUT2D eigenvalue weighted by Gasteiger charge is 2.28. The number of hydrogen-bond acceptors (Lipinski definition) is 3. The first-order valence-electron chi connectivity index (χ1n) is 7.24. The Kier molecular flexibility index (Phi) is 5.31. The van der Waals surface area contributed by atoms with Crippen LogP contribution in [0.25, 0.3) is 11.1 Å². The Hall–Kier alpha value is -2.88. The van der Waals surface area contributed by atoms with Crippen molar-refractivity contribution in [1.82, 2.24) is 0 Å². The van der Waals surface area contributed by atoms with Crippen molar-refractivity contribution in [3.8, 4) is 16.9 Å². The zero-order chi connectivity index (χ0) is 16.8. The molecule has 0 saturated heterocycles. The van der Waals surface area contributed by atoms with Gasteiger partial charge >= 0.3 is 0 Å². The fourth-order valence-corrected chi connectivity index (χ4v) is 2.41. The van der Waals surface area contributed by atoms with E-state index in [1.165, 1.54) is 0 Å². The van der Waals surface area contributed by atoms with Gasteiger partial charge in [0.2, 0.25) is 5.78 Å². The molecule has 0 spiro atoms. The van der Waals surface area contributed by atoms with Gasteiger partial charge in [-0.25, -0.2) is 0 Å². The number of ketones is 1. The predicted octanol–water partition coefficient (Wildman–Crippen LogP) is 3.96. The molecule has 2 aromatic carbocycles. The van der Waals surface area contributed by atoms with E-state index in [2.05, 4.69) is 6.58 Å². The van der Waals surface area contributed by atoms with Crippen LogP contribution in [0, 0.1) is 0 Å². The van der Waals surface area contributed by atoms with Gasteiger partial charge in [-0.05, 0) is 11.6 Å². The minimum atomic E-state index is -0.833. The Morgan fingerprint density at radius 1 is 1.13 bits per heavy atom. The number of carbonyl (C=O) groups is 2. The van der Waals surface area contributed by atoms with Crippen molar-refractivity contribution in [3.63, 3.8) is 0 Å². The molecule has 1 unspecified atom stereocenters. The van der Waals surface area contributed by atoms with Crippen molar-refractivity contribution >= 4 is 11.8 Å². The fraction of sp³-hybridized carbons (Fsp3) is 0.158. The van der Waals surface area contributed by atoms with Gasteiger partial charge in [-0.15, -0.1) is 6.58 Å². The number of aliphatic carboxylic acids is 1. The molecule has 4 heteroatoms. The summed E-state index contributed by atoms with van der Waals surface area (Å²) in [5, 5.41) is 7.42. The molecule has 0 amide bonds. The summed E-state index contributed by atoms with van der Waals surface area (Å²) in [4.78, 5) is 21.5. The van der Waals surface area contributed by atoms with Crippen molar-refractivity contribution in [2.45, 2.75) is 19.4 Å². The monoisotopic (exact) mass is 310 g/mol. The van der Waals surface area contributed by atoms with Crippen LogP contribution in [-0.4, -0.2) is 23.0 Å². The van der Waals surface area contributed by atoms with Gasteiger partial charge in [0, 0.05) is 24.5 Å². The van der Waals surface area contributed by atoms with Crippen molar-refractivity contribution in [2.24, 2.45) is 0 Å². The Labute approximate surface area is 135 Å². The zero-order valence-corrected chi connectivity index (χ0v) is 12.9. The van der Waals surface area contributed by atoms with E-state index in [1.54, 1.807) is 6.08 Å². The molecular formula is C19H18O4. The van der Waals surface area contributed by atoms with Crippen LogP contribution in [0.2, 0.25) is 0 Å². The summed E-state index contributed by atoms with van der Waals surface area (Å²) in [7, 11) is 0. The highest BCUT2D eigenvalue weighted by Crippen LogP contribution is 2.36. The van der Waals surface area contributed by atoms with Crippen LogP contribution in [0.1, 0.15) is 23.7 Å². The third-order valence-electron chi connectivity index (χ3n) is 3.31. The van der Waals surface area contributed by atoms with Gasteiger partial charge in [-0.2, -0.15) is 0 Å². The summed E-state index contributed by atoms with van der Waals surface area (Å²) in [6.45, 7) is 4.78. The van der Waals surface area contributed by atoms with Crippen LogP contribution in [0.15, 0.2) is 61.2 Å². The number of fused-ring (bicyclic) bond motifs is 3. The summed E-state index contributed by atoms with van der Waals surface area (Å²) < 4.78 is 5.87. The maximum atomic E-state index is 12.5. The predicted molar refractivity (Wildman–Crippen MR) is 88.7 cm³/mol. The van der Waals surface area contributed by atoms with Gasteiger partial charge in [0.1, 0.15) is 5.75 Å². The van der Waals surface area contributed by atoms with E-state index in [0.717, 1.165) is 29.4 Å². The summed E-state index contributed by atoms with van der Waals surface area (Å²) in [5.41, 5.74) is 2.63. The molecule has 0 fully saturated rings. The summed E-state index contributed by atoms with van der Waals surface area (Å²) in [5.74, 6) is -0.0562. The molecule has 0 saturated carbocycles. The van der Waals surface area contributed by atoms with Gasteiger partial charge in [0.15, 0.2) is 6.10 Å². The summed E-state index contributed by atoms with van der Waals surface area (Å²) in [6.07, 6.45) is 1.75. The molecule has 2 aromatic rings. The number of carboxylic acids is 1. The lowest BCUT2D eigenvalue weighted by molar-refractivity contribution is -0.134. The van der Waals surface area contributed by atoms with Gasteiger partial charge < -0.3 is 9.84 Å². The van der Waals surface area contributed by atoms with Crippen molar-refractivity contribution in [2.75, 3.05) is 0 Å². The van der Waals surface area contributed by atoms with E-state index in [4.69, 9.17) is 14.6 Å². The first-order valence-corrected chi connectivity index (χ1v) is 7.24. The van der Waals surface area contributed by atoms with Crippen LogP contribution >= 0.6 is 0 Å². The molecule has 3 rings (SSSR count). The summed E-state index contributed by atoms with van der Waals surface area (Å²) >= 11 is 0. The number of hydrogen-bond donors (Lipinski definition) is 1. The van der Waals surface area contributed by atoms with Crippen molar-refractivity contribution < 1.29 is 19.4 Å². The van der Waals surface area contributed by atoms with E-state index in [-0.39, 0.29) is 5.78 Å². The molecule has 0 aliphatic carbocycles. The van der Waals surface area contributed by atoms with E-state index < -0.39 is 12.1 Å². The third-order valence-corrected chi connectivity index (χ3v) is 3.31. The first kappa shape index (κ1) is 16.5. The zero-order valence-electron chi connectivity index (χ0n) is 12.9. The van der Waals surface area contributed by atoms with Crippen molar-refractivity contribution in [1.29, 1.82) is 0 Å². The number of ether oxygens (including phenoxy) is 1. The number of carboxylic acid groups (broad SMARTS) is 1. The largest absolute Gasteiger partial charge is 0.481 e. The van der Waals surface area contributed by atoms with Crippen LogP contribution in [0.5, 0.6) is 5.75 Å². The van der Waals surface area contributed by atoms with Gasteiger partial charge in [-0.1, -0.05) is 48.5 Å². The van der Waals surface area contributed by atoms with Crippen LogP contribution in [0.4, 0.5) is 0 Å². The molecule has 118 valence electrons. The molecule has 0 aromatic heterocycles. The van der Waals surface area contributed by atoms with Crippen LogP contribution < -0.4 is 4.74 Å². The molecule has 4 nitrogen and oxygen atoms in total. The average molecular weight is 310 g/mol. The highest BCUT2D eigenvalue weighted by atomic mass is 16.5. The molecule has 1 aliphatic rings. The SMILES string of the molecule is C=CCC1Oc2ccccc2-c2ccccc2C1=O.CC(=O)O. The topological polar surface area (TPSA) is 63.6 Å². The normalized spacial score (nSPS) is 15.0. The molecule has 1 N–H and O–H groups in total. The molecule has 1 heterocycles. The Morgan fingerprint density at radius 2 is 1.65 bits per heavy atom. The van der Waals surface area contributed by atoms with Crippen LogP contribution in [-0.2, 0) is 4.79 Å². The number of rotatable bonds is 2. The highest BCUT2D eigenvalue weighted by molar-refractivity contribution is 6.06. The molecular weight excluding hydrogens is 292 g/mol. The van der Waals surface area contributed by atoms with Gasteiger partial charge in [-0.3, -0.25) is 9.59 Å². The number of benzene rings is 2. The maximum Gasteiger partial charge on any atom is 0.300 e. The quantitative estimate of drug-likeness (QED) is 0.853. The maximum absolute atomic E-state index is 12.5. The van der Waals surface area contributed by atoms with Crippen molar-refractivity contribution in [3.05, 3.63) is 66.7 Å². The number of Topliss-reactive ketones (excluding diaryl/α,β-unsaturated/α-hetero) is 1. The molecule has 0 bridgehead atoms. The Bertz CT molecular complexity index is 730. The molecule has 1 atom stereocenters. The third kappa shape index (κ3) is 3.86. The lowest BCUT2D eigenvalue weighted by Crippen LogP contribution is -2.25. The second kappa shape index (κ2) is 7.40. The number of carbonyl (C=O) groups excluding carboxylic acids is 1. The molecule has 23 heavy (non-hydrogen) atoms. The standard InChI is InChI=1S/C17H14O2.C2H4O2/c1-2-7-16-17(18)14-10-4-3-8-12(14)13-9-5-6-11-15(13)19-16;1-2(3)4/h2-6,8-11,16H,1,7H2;1H3,(H,3,4). The lowest BCUT2D eigenvalue weighted by atomic mass is 9.95. The Morgan fingerprint density at radius 3 is 2.26 bits per heavy atom. The Balaban J connectivity index is 0.000000433. The van der Waals surface area contributed by atoms with E-state index in [0.29, 0.717) is 6.42 Å².